The molecular formula is C15H20N4O2. The molecule has 2 aromatic heterocycles. The van der Waals surface area contributed by atoms with Crippen LogP contribution in [0.2, 0.25) is 0 Å². The highest BCUT2D eigenvalue weighted by Gasteiger charge is 2.26. The van der Waals surface area contributed by atoms with Crippen LogP contribution < -0.4 is 5.32 Å². The van der Waals surface area contributed by atoms with E-state index in [2.05, 4.69) is 15.6 Å². The van der Waals surface area contributed by atoms with Gasteiger partial charge in [0.2, 0.25) is 5.76 Å². The van der Waals surface area contributed by atoms with E-state index in [0.29, 0.717) is 0 Å². The van der Waals surface area contributed by atoms with E-state index in [0.717, 1.165) is 30.5 Å². The number of aryl methyl sites for hydroxylation is 1. The predicted molar refractivity (Wildman–Crippen MR) is 76.9 cm³/mol. The zero-order valence-corrected chi connectivity index (χ0v) is 12.6. The molecule has 1 amide bonds. The zero-order valence-electron chi connectivity index (χ0n) is 12.6. The Kier molecular flexibility index (Phi) is 3.53. The van der Waals surface area contributed by atoms with Crippen LogP contribution in [0.3, 0.4) is 0 Å². The van der Waals surface area contributed by atoms with E-state index in [1.54, 1.807) is 6.07 Å². The Hall–Kier alpha value is -2.11. The molecule has 0 aromatic carbocycles. The number of aromatic nitrogens is 3. The Balaban J connectivity index is 1.76. The average Bonchev–Trinajstić information content (AvgIpc) is 3.07. The van der Waals surface area contributed by atoms with Crippen molar-refractivity contribution in [2.75, 3.05) is 0 Å². The number of hydrogen-bond donors (Lipinski definition) is 1. The van der Waals surface area contributed by atoms with Gasteiger partial charge in [-0.2, -0.15) is 5.10 Å². The molecule has 21 heavy (non-hydrogen) atoms. The molecule has 2 aromatic rings. The van der Waals surface area contributed by atoms with Gasteiger partial charge in [0.05, 0.1) is 17.9 Å². The summed E-state index contributed by atoms with van der Waals surface area (Å²) in [5.74, 6) is 0.306. The topological polar surface area (TPSA) is 73.0 Å². The Morgan fingerprint density at radius 3 is 3.05 bits per heavy atom. The van der Waals surface area contributed by atoms with Crippen molar-refractivity contribution >= 4 is 5.91 Å². The fourth-order valence-electron chi connectivity index (χ4n) is 2.75. The SMILES string of the molecule is CC(C)c1cc(C(=O)NC2CCCc3c2cnn3C)on1. The second kappa shape index (κ2) is 5.35. The van der Waals surface area contributed by atoms with Crippen molar-refractivity contribution in [2.24, 2.45) is 7.05 Å². The third-order valence-corrected chi connectivity index (χ3v) is 4.02. The molecule has 1 N–H and O–H groups in total. The van der Waals surface area contributed by atoms with Crippen LogP contribution in [0.4, 0.5) is 0 Å². The molecule has 0 saturated heterocycles. The van der Waals surface area contributed by atoms with E-state index in [9.17, 15) is 4.79 Å². The molecule has 2 heterocycles. The lowest BCUT2D eigenvalue weighted by Crippen LogP contribution is -2.30. The number of carbonyl (C=O) groups is 1. The Morgan fingerprint density at radius 2 is 2.33 bits per heavy atom. The summed E-state index contributed by atoms with van der Waals surface area (Å²) in [5.41, 5.74) is 3.11. The molecule has 1 aliphatic carbocycles. The van der Waals surface area contributed by atoms with Gasteiger partial charge < -0.3 is 9.84 Å². The van der Waals surface area contributed by atoms with Crippen LogP contribution in [0.5, 0.6) is 0 Å². The number of hydrogen-bond acceptors (Lipinski definition) is 4. The largest absolute Gasteiger partial charge is 0.351 e. The predicted octanol–water partition coefficient (Wildman–Crippen LogP) is 2.34. The third-order valence-electron chi connectivity index (χ3n) is 4.02. The molecule has 6 heteroatoms. The molecule has 1 unspecified atom stereocenters. The number of nitrogens with one attached hydrogen (secondary N) is 1. The molecule has 1 atom stereocenters. The minimum absolute atomic E-state index is 0.00236. The first-order valence-electron chi connectivity index (χ1n) is 7.34. The lowest BCUT2D eigenvalue weighted by molar-refractivity contribution is 0.0895. The van der Waals surface area contributed by atoms with Crippen molar-refractivity contribution < 1.29 is 9.32 Å². The van der Waals surface area contributed by atoms with E-state index in [1.807, 2.05) is 31.8 Å². The molecule has 0 spiro atoms. The van der Waals surface area contributed by atoms with Gasteiger partial charge in [0.15, 0.2) is 0 Å². The first-order valence-corrected chi connectivity index (χ1v) is 7.34. The van der Waals surface area contributed by atoms with Crippen LogP contribution in [0.15, 0.2) is 16.8 Å². The van der Waals surface area contributed by atoms with Crippen molar-refractivity contribution in [2.45, 2.75) is 45.1 Å². The Labute approximate surface area is 123 Å². The first kappa shape index (κ1) is 13.9. The summed E-state index contributed by atoms with van der Waals surface area (Å²) in [6, 6.07) is 1.72. The number of nitrogens with zero attached hydrogens (tertiary/aromatic N) is 3. The van der Waals surface area contributed by atoms with Gasteiger partial charge in [-0.05, 0) is 25.2 Å². The number of amides is 1. The fraction of sp³-hybridized carbons (Fsp3) is 0.533. The summed E-state index contributed by atoms with van der Waals surface area (Å²) in [4.78, 5) is 12.3. The number of rotatable bonds is 3. The third kappa shape index (κ3) is 2.57. The van der Waals surface area contributed by atoms with Gasteiger partial charge in [0, 0.05) is 24.4 Å². The maximum atomic E-state index is 12.3. The normalized spacial score (nSPS) is 17.8. The van der Waals surface area contributed by atoms with Gasteiger partial charge in [0.1, 0.15) is 0 Å². The average molecular weight is 288 g/mol. The zero-order chi connectivity index (χ0) is 15.0. The van der Waals surface area contributed by atoms with E-state index in [-0.39, 0.29) is 23.6 Å². The minimum Gasteiger partial charge on any atom is -0.351 e. The number of carbonyl (C=O) groups excluding carboxylic acids is 1. The van der Waals surface area contributed by atoms with Crippen LogP contribution in [0.25, 0.3) is 0 Å². The molecule has 0 saturated carbocycles. The van der Waals surface area contributed by atoms with Gasteiger partial charge in [-0.25, -0.2) is 0 Å². The van der Waals surface area contributed by atoms with Gasteiger partial charge in [-0.1, -0.05) is 19.0 Å². The van der Waals surface area contributed by atoms with Gasteiger partial charge in [0.25, 0.3) is 5.91 Å². The van der Waals surface area contributed by atoms with E-state index in [4.69, 9.17) is 4.52 Å². The summed E-state index contributed by atoms with van der Waals surface area (Å²) >= 11 is 0. The van der Waals surface area contributed by atoms with Crippen molar-refractivity contribution in [3.63, 3.8) is 0 Å². The van der Waals surface area contributed by atoms with Gasteiger partial charge in [-0.3, -0.25) is 9.48 Å². The van der Waals surface area contributed by atoms with E-state index in [1.165, 1.54) is 5.69 Å². The number of fused-ring (bicyclic) bond motifs is 1. The second-order valence-electron chi connectivity index (χ2n) is 5.86. The quantitative estimate of drug-likeness (QED) is 0.940. The van der Waals surface area contributed by atoms with Crippen molar-refractivity contribution in [1.82, 2.24) is 20.3 Å². The second-order valence-corrected chi connectivity index (χ2v) is 5.86. The molecule has 0 fully saturated rings. The molecule has 1 aliphatic rings. The van der Waals surface area contributed by atoms with Crippen molar-refractivity contribution in [3.05, 3.63) is 35.0 Å². The minimum atomic E-state index is -0.212. The highest BCUT2D eigenvalue weighted by molar-refractivity contribution is 5.91. The van der Waals surface area contributed by atoms with Gasteiger partial charge in [-0.15, -0.1) is 0 Å². The molecule has 3 rings (SSSR count). The van der Waals surface area contributed by atoms with Crippen molar-refractivity contribution in [3.8, 4) is 0 Å². The van der Waals surface area contributed by atoms with E-state index >= 15 is 0 Å². The summed E-state index contributed by atoms with van der Waals surface area (Å²) in [6.45, 7) is 4.03. The fourth-order valence-corrected chi connectivity index (χ4v) is 2.75. The van der Waals surface area contributed by atoms with Crippen LogP contribution in [0.1, 0.15) is 66.2 Å². The molecular weight excluding hydrogens is 268 g/mol. The maximum Gasteiger partial charge on any atom is 0.290 e. The maximum absolute atomic E-state index is 12.3. The summed E-state index contributed by atoms with van der Waals surface area (Å²) in [5, 5.41) is 11.2. The first-order chi connectivity index (χ1) is 10.1. The summed E-state index contributed by atoms with van der Waals surface area (Å²) in [7, 11) is 1.94. The molecule has 0 radical (unpaired) electrons. The van der Waals surface area contributed by atoms with Crippen LogP contribution >= 0.6 is 0 Å². The van der Waals surface area contributed by atoms with Crippen LogP contribution in [-0.4, -0.2) is 20.8 Å². The van der Waals surface area contributed by atoms with E-state index < -0.39 is 0 Å². The molecule has 0 bridgehead atoms. The summed E-state index contributed by atoms with van der Waals surface area (Å²) < 4.78 is 7.03. The lowest BCUT2D eigenvalue weighted by Gasteiger charge is -2.23. The lowest BCUT2D eigenvalue weighted by atomic mass is 9.93. The molecule has 112 valence electrons. The highest BCUT2D eigenvalue weighted by atomic mass is 16.5. The van der Waals surface area contributed by atoms with Gasteiger partial charge >= 0.3 is 0 Å². The highest BCUT2D eigenvalue weighted by Crippen LogP contribution is 2.29. The Morgan fingerprint density at radius 1 is 1.52 bits per heavy atom. The van der Waals surface area contributed by atoms with Crippen LogP contribution in [0, 0.1) is 0 Å². The van der Waals surface area contributed by atoms with Crippen molar-refractivity contribution in [1.29, 1.82) is 0 Å². The molecule has 6 nitrogen and oxygen atoms in total. The summed E-state index contributed by atoms with van der Waals surface area (Å²) in [6.07, 6.45) is 4.83. The smallest absolute Gasteiger partial charge is 0.290 e. The monoisotopic (exact) mass is 288 g/mol. The standard InChI is InChI=1S/C15H20N4O2/c1-9(2)12-7-14(21-18-12)15(20)17-11-5-4-6-13-10(11)8-16-19(13)3/h7-9,11H,4-6H2,1-3H3,(H,17,20). The Bertz CT molecular complexity index is 656. The van der Waals surface area contributed by atoms with Crippen LogP contribution in [-0.2, 0) is 13.5 Å². The molecule has 0 aliphatic heterocycles.